The molecule has 3 aliphatic rings. The Balaban J connectivity index is 1.33. The molecule has 0 aromatic carbocycles. The lowest BCUT2D eigenvalue weighted by molar-refractivity contribution is -0.195. The normalized spacial score (nSPS) is 44.2. The van der Waals surface area contributed by atoms with Gasteiger partial charge in [-0.3, -0.25) is 0 Å². The highest BCUT2D eigenvalue weighted by Crippen LogP contribution is 2.29. The van der Waals surface area contributed by atoms with Crippen LogP contribution in [0.4, 0.5) is 0 Å². The first-order valence-electron chi connectivity index (χ1n) is 8.82. The first-order valence-corrected chi connectivity index (χ1v) is 8.82. The molecule has 0 saturated carbocycles. The smallest absolute Gasteiger partial charge is 0.160 e. The first-order chi connectivity index (χ1) is 11.1. The van der Waals surface area contributed by atoms with Gasteiger partial charge in [0.25, 0.3) is 0 Å². The van der Waals surface area contributed by atoms with Gasteiger partial charge in [-0.05, 0) is 18.8 Å². The van der Waals surface area contributed by atoms with Gasteiger partial charge < -0.3 is 28.4 Å². The first kappa shape index (κ1) is 17.6. The van der Waals surface area contributed by atoms with Crippen LogP contribution in [0.15, 0.2) is 0 Å². The van der Waals surface area contributed by atoms with E-state index in [2.05, 4.69) is 13.8 Å². The van der Waals surface area contributed by atoms with Crippen LogP contribution < -0.4 is 0 Å². The van der Waals surface area contributed by atoms with Crippen molar-refractivity contribution in [2.75, 3.05) is 26.9 Å². The maximum absolute atomic E-state index is 5.98. The molecule has 0 aromatic rings. The van der Waals surface area contributed by atoms with Crippen molar-refractivity contribution >= 4 is 0 Å². The summed E-state index contributed by atoms with van der Waals surface area (Å²) in [6.45, 7) is 6.27. The van der Waals surface area contributed by atoms with E-state index in [1.165, 1.54) is 0 Å². The second-order valence-corrected chi connectivity index (χ2v) is 7.11. The number of hydrogen-bond acceptors (Lipinski definition) is 6. The number of ether oxygens (including phenoxy) is 6. The Bertz CT molecular complexity index is 365. The largest absolute Gasteiger partial charge is 0.356 e. The van der Waals surface area contributed by atoms with Crippen molar-refractivity contribution in [2.45, 2.75) is 70.6 Å². The van der Waals surface area contributed by atoms with Crippen LogP contribution in [0.3, 0.4) is 0 Å². The zero-order chi connectivity index (χ0) is 16.2. The summed E-state index contributed by atoms with van der Waals surface area (Å²) in [5.41, 5.74) is 0. The molecule has 3 rings (SSSR count). The van der Waals surface area contributed by atoms with Crippen molar-refractivity contribution in [1.82, 2.24) is 0 Å². The molecule has 0 N–H and O–H groups in total. The maximum Gasteiger partial charge on any atom is 0.160 e. The second kappa shape index (κ2) is 8.23. The molecule has 3 aliphatic heterocycles. The minimum atomic E-state index is -0.169. The van der Waals surface area contributed by atoms with Crippen molar-refractivity contribution in [3.63, 3.8) is 0 Å². The Kier molecular flexibility index (Phi) is 6.29. The molecule has 0 radical (unpaired) electrons. The van der Waals surface area contributed by atoms with Gasteiger partial charge >= 0.3 is 0 Å². The third-order valence-electron chi connectivity index (χ3n) is 4.83. The van der Waals surface area contributed by atoms with Crippen LogP contribution in [0.1, 0.15) is 39.5 Å². The molecule has 3 saturated heterocycles. The molecule has 7 atom stereocenters. The second-order valence-electron chi connectivity index (χ2n) is 7.11. The highest BCUT2D eigenvalue weighted by atomic mass is 16.7. The van der Waals surface area contributed by atoms with Crippen LogP contribution in [0.25, 0.3) is 0 Å². The Labute approximate surface area is 138 Å². The van der Waals surface area contributed by atoms with E-state index in [0.29, 0.717) is 25.0 Å². The van der Waals surface area contributed by atoms with E-state index in [9.17, 15) is 0 Å². The molecule has 0 amide bonds. The number of hydrogen-bond donors (Lipinski definition) is 0. The van der Waals surface area contributed by atoms with Gasteiger partial charge in [0.1, 0.15) is 0 Å². The fourth-order valence-corrected chi connectivity index (χ4v) is 3.45. The highest BCUT2D eigenvalue weighted by molar-refractivity contribution is 4.76. The van der Waals surface area contributed by atoms with Crippen LogP contribution in [-0.4, -0.2) is 58.0 Å². The summed E-state index contributed by atoms with van der Waals surface area (Å²) in [4.78, 5) is 0. The predicted octanol–water partition coefficient (Wildman–Crippen LogP) is 2.30. The van der Waals surface area contributed by atoms with Crippen molar-refractivity contribution in [1.29, 1.82) is 0 Å². The average molecular weight is 330 g/mol. The molecule has 6 nitrogen and oxygen atoms in total. The molecule has 0 bridgehead atoms. The molecule has 0 aromatic heterocycles. The summed E-state index contributed by atoms with van der Waals surface area (Å²) in [7, 11) is 1.68. The van der Waals surface area contributed by atoms with Crippen LogP contribution in [-0.2, 0) is 28.4 Å². The third kappa shape index (κ3) is 4.87. The van der Waals surface area contributed by atoms with Gasteiger partial charge in [0, 0.05) is 25.9 Å². The van der Waals surface area contributed by atoms with Gasteiger partial charge in [0.2, 0.25) is 0 Å². The van der Waals surface area contributed by atoms with E-state index in [4.69, 9.17) is 28.4 Å². The van der Waals surface area contributed by atoms with E-state index in [1.807, 2.05) is 0 Å². The van der Waals surface area contributed by atoms with Crippen molar-refractivity contribution in [3.8, 4) is 0 Å². The van der Waals surface area contributed by atoms with E-state index in [-0.39, 0.29) is 31.1 Å². The van der Waals surface area contributed by atoms with Crippen LogP contribution in [0.5, 0.6) is 0 Å². The Morgan fingerprint density at radius 3 is 2.43 bits per heavy atom. The molecule has 23 heavy (non-hydrogen) atoms. The van der Waals surface area contributed by atoms with Crippen molar-refractivity contribution in [2.24, 2.45) is 11.8 Å². The maximum atomic E-state index is 5.98. The summed E-state index contributed by atoms with van der Waals surface area (Å²) in [5.74, 6) is 0.952. The molecule has 3 heterocycles. The van der Waals surface area contributed by atoms with E-state index < -0.39 is 0 Å². The van der Waals surface area contributed by atoms with Crippen LogP contribution in [0, 0.1) is 11.8 Å². The van der Waals surface area contributed by atoms with Crippen molar-refractivity contribution in [3.05, 3.63) is 0 Å². The summed E-state index contributed by atoms with van der Waals surface area (Å²) in [6.07, 6.45) is 3.72. The van der Waals surface area contributed by atoms with Gasteiger partial charge in [-0.2, -0.15) is 0 Å². The highest BCUT2D eigenvalue weighted by Gasteiger charge is 2.35. The van der Waals surface area contributed by atoms with E-state index in [1.54, 1.807) is 7.11 Å². The average Bonchev–Trinajstić information content (AvgIpc) is 3.24. The molecule has 0 spiro atoms. The fourth-order valence-electron chi connectivity index (χ4n) is 3.45. The molecule has 3 fully saturated rings. The SMILES string of the molecule is COC1CCC(COC2OC(COC3CC(C)CO3)CC2C)O1. The summed E-state index contributed by atoms with van der Waals surface area (Å²) < 4.78 is 34.2. The Hall–Kier alpha value is -0.240. The molecule has 6 heteroatoms. The van der Waals surface area contributed by atoms with Gasteiger partial charge in [-0.1, -0.05) is 13.8 Å². The lowest BCUT2D eigenvalue weighted by Crippen LogP contribution is -2.26. The van der Waals surface area contributed by atoms with E-state index in [0.717, 1.165) is 32.3 Å². The Morgan fingerprint density at radius 1 is 0.913 bits per heavy atom. The standard InChI is InChI=1S/C17H30O6/c1-11-6-16(19-8-11)20-10-14-7-12(2)17(23-14)21-9-13-4-5-15(18-3)22-13/h11-17H,4-10H2,1-3H3. The van der Waals surface area contributed by atoms with Gasteiger partial charge in [-0.15, -0.1) is 0 Å². The molecule has 7 unspecified atom stereocenters. The molecular weight excluding hydrogens is 300 g/mol. The van der Waals surface area contributed by atoms with Gasteiger partial charge in [-0.25, -0.2) is 0 Å². The lowest BCUT2D eigenvalue weighted by Gasteiger charge is -2.20. The molecule has 134 valence electrons. The van der Waals surface area contributed by atoms with Gasteiger partial charge in [0.05, 0.1) is 32.0 Å². The minimum Gasteiger partial charge on any atom is -0.356 e. The Morgan fingerprint density at radius 2 is 1.74 bits per heavy atom. The van der Waals surface area contributed by atoms with Crippen LogP contribution >= 0.6 is 0 Å². The minimum absolute atomic E-state index is 0.0678. The summed E-state index contributed by atoms with van der Waals surface area (Å²) in [5, 5.41) is 0. The van der Waals surface area contributed by atoms with E-state index >= 15 is 0 Å². The lowest BCUT2D eigenvalue weighted by atomic mass is 10.1. The number of methoxy groups -OCH3 is 1. The zero-order valence-corrected chi connectivity index (χ0v) is 14.4. The summed E-state index contributed by atoms with van der Waals surface area (Å²) >= 11 is 0. The predicted molar refractivity (Wildman–Crippen MR) is 82.8 cm³/mol. The van der Waals surface area contributed by atoms with Gasteiger partial charge in [0.15, 0.2) is 18.9 Å². The summed E-state index contributed by atoms with van der Waals surface area (Å²) in [6, 6.07) is 0. The van der Waals surface area contributed by atoms with Crippen molar-refractivity contribution < 1.29 is 28.4 Å². The number of rotatable bonds is 7. The fraction of sp³-hybridized carbons (Fsp3) is 1.00. The van der Waals surface area contributed by atoms with Crippen LogP contribution in [0.2, 0.25) is 0 Å². The topological polar surface area (TPSA) is 55.4 Å². The quantitative estimate of drug-likeness (QED) is 0.714. The molecular formula is C17H30O6. The third-order valence-corrected chi connectivity index (χ3v) is 4.83. The zero-order valence-electron chi connectivity index (χ0n) is 14.4. The monoisotopic (exact) mass is 330 g/mol. The molecule has 0 aliphatic carbocycles.